The van der Waals surface area contributed by atoms with Crippen molar-refractivity contribution in [2.24, 2.45) is 0 Å². The number of hydrogen-bond donors (Lipinski definition) is 1. The first-order valence-electron chi connectivity index (χ1n) is 7.29. The van der Waals surface area contributed by atoms with Crippen LogP contribution >= 0.6 is 11.3 Å². The molecule has 1 aromatic heterocycles. The number of rotatable bonds is 4. The lowest BCUT2D eigenvalue weighted by Crippen LogP contribution is -2.18. The van der Waals surface area contributed by atoms with E-state index in [1.54, 1.807) is 4.88 Å². The highest BCUT2D eigenvalue weighted by Gasteiger charge is 2.21. The van der Waals surface area contributed by atoms with Crippen LogP contribution in [0, 0.1) is 0 Å². The second-order valence-corrected chi connectivity index (χ2v) is 6.78. The predicted octanol–water partition coefficient (Wildman–Crippen LogP) is 4.30. The number of hydrogen-bond acceptors (Lipinski definition) is 3. The summed E-state index contributed by atoms with van der Waals surface area (Å²) in [5, 5.41) is 6.01. The maximum atomic E-state index is 3.78. The molecule has 2 aromatic rings. The minimum absolute atomic E-state index is 0.480. The van der Waals surface area contributed by atoms with E-state index in [1.165, 1.54) is 36.1 Å². The van der Waals surface area contributed by atoms with Crippen LogP contribution in [0.1, 0.15) is 34.9 Å². The Bertz CT molecular complexity index is 574. The average Bonchev–Trinajstić information content (AvgIpc) is 2.90. The number of benzene rings is 1. The van der Waals surface area contributed by atoms with Crippen molar-refractivity contribution < 1.29 is 0 Å². The summed E-state index contributed by atoms with van der Waals surface area (Å²) < 4.78 is 0. The highest BCUT2D eigenvalue weighted by Crippen LogP contribution is 2.36. The van der Waals surface area contributed by atoms with Crippen LogP contribution < -0.4 is 5.32 Å². The maximum Gasteiger partial charge on any atom is 0.0525 e. The zero-order chi connectivity index (χ0) is 13.9. The molecule has 0 aliphatic heterocycles. The fourth-order valence-electron chi connectivity index (χ4n) is 2.96. The SMILES string of the molecule is CN(C)Cc1ccccc1NC1CCCc2sccc21. The summed E-state index contributed by atoms with van der Waals surface area (Å²) in [5.41, 5.74) is 4.17. The highest BCUT2D eigenvalue weighted by atomic mass is 32.1. The lowest BCUT2D eigenvalue weighted by Gasteiger charge is -2.26. The fraction of sp³-hybridized carbons (Fsp3) is 0.412. The van der Waals surface area contributed by atoms with Gasteiger partial charge in [-0.05, 0) is 62.0 Å². The van der Waals surface area contributed by atoms with E-state index in [2.05, 4.69) is 60.0 Å². The van der Waals surface area contributed by atoms with Gasteiger partial charge in [-0.3, -0.25) is 0 Å². The molecule has 20 heavy (non-hydrogen) atoms. The van der Waals surface area contributed by atoms with E-state index >= 15 is 0 Å². The van der Waals surface area contributed by atoms with Gasteiger partial charge in [0, 0.05) is 17.1 Å². The number of fused-ring (bicyclic) bond motifs is 1. The molecule has 0 fully saturated rings. The molecule has 1 heterocycles. The molecule has 0 amide bonds. The van der Waals surface area contributed by atoms with Gasteiger partial charge >= 0.3 is 0 Å². The molecule has 1 atom stereocenters. The standard InChI is InChI=1S/C17H22N2S/c1-19(2)12-13-6-3-4-7-15(13)18-16-8-5-9-17-14(16)10-11-20-17/h3-4,6-7,10-11,16,18H,5,8-9,12H2,1-2H3. The van der Waals surface area contributed by atoms with E-state index in [0.717, 1.165) is 6.54 Å². The predicted molar refractivity (Wildman–Crippen MR) is 87.5 cm³/mol. The van der Waals surface area contributed by atoms with Gasteiger partial charge in [-0.15, -0.1) is 11.3 Å². The fourth-order valence-corrected chi connectivity index (χ4v) is 3.95. The smallest absolute Gasteiger partial charge is 0.0525 e. The van der Waals surface area contributed by atoms with Crippen molar-refractivity contribution in [3.8, 4) is 0 Å². The monoisotopic (exact) mass is 286 g/mol. The normalized spacial score (nSPS) is 18.1. The van der Waals surface area contributed by atoms with Crippen LogP contribution in [-0.2, 0) is 13.0 Å². The highest BCUT2D eigenvalue weighted by molar-refractivity contribution is 7.10. The van der Waals surface area contributed by atoms with E-state index in [0.29, 0.717) is 6.04 Å². The van der Waals surface area contributed by atoms with Crippen molar-refractivity contribution in [2.45, 2.75) is 31.8 Å². The quantitative estimate of drug-likeness (QED) is 0.901. The Morgan fingerprint density at radius 2 is 2.10 bits per heavy atom. The minimum atomic E-state index is 0.480. The zero-order valence-electron chi connectivity index (χ0n) is 12.2. The molecular formula is C17H22N2S. The number of nitrogens with one attached hydrogen (secondary N) is 1. The first-order valence-corrected chi connectivity index (χ1v) is 8.17. The summed E-state index contributed by atoms with van der Waals surface area (Å²) in [6.07, 6.45) is 3.78. The number of thiophene rings is 1. The molecule has 106 valence electrons. The first kappa shape index (κ1) is 13.7. The second-order valence-electron chi connectivity index (χ2n) is 5.78. The van der Waals surface area contributed by atoms with Crippen LogP contribution in [0.2, 0.25) is 0 Å². The summed E-state index contributed by atoms with van der Waals surface area (Å²) in [5.74, 6) is 0. The van der Waals surface area contributed by atoms with Gasteiger partial charge in [0.1, 0.15) is 0 Å². The Morgan fingerprint density at radius 3 is 2.95 bits per heavy atom. The van der Waals surface area contributed by atoms with Gasteiger partial charge in [0.05, 0.1) is 6.04 Å². The van der Waals surface area contributed by atoms with Crippen LogP contribution in [-0.4, -0.2) is 19.0 Å². The molecule has 0 bridgehead atoms. The molecule has 1 unspecified atom stereocenters. The topological polar surface area (TPSA) is 15.3 Å². The molecule has 1 aliphatic rings. The second kappa shape index (κ2) is 5.98. The Kier molecular flexibility index (Phi) is 4.08. The van der Waals surface area contributed by atoms with Crippen LogP contribution in [0.3, 0.4) is 0 Å². The molecule has 0 radical (unpaired) electrons. The van der Waals surface area contributed by atoms with E-state index < -0.39 is 0 Å². The molecule has 1 aromatic carbocycles. The van der Waals surface area contributed by atoms with Crippen LogP contribution in [0.15, 0.2) is 35.7 Å². The summed E-state index contributed by atoms with van der Waals surface area (Å²) in [4.78, 5) is 3.79. The average molecular weight is 286 g/mol. The largest absolute Gasteiger partial charge is 0.378 e. The molecule has 3 rings (SSSR count). The number of anilines is 1. The van der Waals surface area contributed by atoms with E-state index in [-0.39, 0.29) is 0 Å². The molecule has 2 nitrogen and oxygen atoms in total. The Labute approximate surface area is 125 Å². The number of nitrogens with zero attached hydrogens (tertiary/aromatic N) is 1. The minimum Gasteiger partial charge on any atom is -0.378 e. The molecular weight excluding hydrogens is 264 g/mol. The van der Waals surface area contributed by atoms with Gasteiger partial charge in [-0.1, -0.05) is 18.2 Å². The Balaban J connectivity index is 1.82. The summed E-state index contributed by atoms with van der Waals surface area (Å²) >= 11 is 1.91. The van der Waals surface area contributed by atoms with Crippen molar-refractivity contribution in [3.63, 3.8) is 0 Å². The Hall–Kier alpha value is -1.32. The zero-order valence-corrected chi connectivity index (χ0v) is 13.0. The van der Waals surface area contributed by atoms with Gasteiger partial charge in [0.15, 0.2) is 0 Å². The molecule has 3 heteroatoms. The summed E-state index contributed by atoms with van der Waals surface area (Å²) in [7, 11) is 4.24. The van der Waals surface area contributed by atoms with Gasteiger partial charge in [0.2, 0.25) is 0 Å². The van der Waals surface area contributed by atoms with Gasteiger partial charge in [-0.2, -0.15) is 0 Å². The third-order valence-corrected chi connectivity index (χ3v) is 4.88. The van der Waals surface area contributed by atoms with E-state index in [1.807, 2.05) is 11.3 Å². The van der Waals surface area contributed by atoms with Gasteiger partial charge < -0.3 is 10.2 Å². The molecule has 0 saturated carbocycles. The lowest BCUT2D eigenvalue weighted by molar-refractivity contribution is 0.403. The lowest BCUT2D eigenvalue weighted by atomic mass is 9.93. The van der Waals surface area contributed by atoms with Crippen molar-refractivity contribution >= 4 is 17.0 Å². The van der Waals surface area contributed by atoms with Crippen molar-refractivity contribution in [1.82, 2.24) is 4.90 Å². The summed E-state index contributed by atoms with van der Waals surface area (Å²) in [6.45, 7) is 0.979. The molecule has 0 spiro atoms. The number of para-hydroxylation sites is 1. The number of aryl methyl sites for hydroxylation is 1. The van der Waals surface area contributed by atoms with Crippen LogP contribution in [0.25, 0.3) is 0 Å². The van der Waals surface area contributed by atoms with Gasteiger partial charge in [0.25, 0.3) is 0 Å². The van der Waals surface area contributed by atoms with E-state index in [4.69, 9.17) is 0 Å². The molecule has 0 saturated heterocycles. The van der Waals surface area contributed by atoms with Crippen LogP contribution in [0.4, 0.5) is 5.69 Å². The third kappa shape index (κ3) is 2.89. The first-order chi connectivity index (χ1) is 9.74. The van der Waals surface area contributed by atoms with Crippen molar-refractivity contribution in [2.75, 3.05) is 19.4 Å². The van der Waals surface area contributed by atoms with Crippen LogP contribution in [0.5, 0.6) is 0 Å². The van der Waals surface area contributed by atoms with Crippen molar-refractivity contribution in [3.05, 3.63) is 51.7 Å². The summed E-state index contributed by atoms with van der Waals surface area (Å²) in [6, 6.07) is 11.5. The third-order valence-electron chi connectivity index (χ3n) is 3.89. The van der Waals surface area contributed by atoms with E-state index in [9.17, 15) is 0 Å². The van der Waals surface area contributed by atoms with Crippen molar-refractivity contribution in [1.29, 1.82) is 0 Å². The Morgan fingerprint density at radius 1 is 1.25 bits per heavy atom. The molecule has 1 aliphatic carbocycles. The maximum absolute atomic E-state index is 3.78. The van der Waals surface area contributed by atoms with Gasteiger partial charge in [-0.25, -0.2) is 0 Å². The molecule has 1 N–H and O–H groups in total.